The first-order chi connectivity index (χ1) is 14.1. The van der Waals surface area contributed by atoms with Gasteiger partial charge in [-0.25, -0.2) is 13.9 Å². The van der Waals surface area contributed by atoms with Crippen LogP contribution in [-0.4, -0.2) is 27.5 Å². The predicted molar refractivity (Wildman–Crippen MR) is 91.4 cm³/mol. The Morgan fingerprint density at radius 2 is 1.87 bits per heavy atom. The van der Waals surface area contributed by atoms with Crippen molar-refractivity contribution in [2.75, 3.05) is 0 Å². The molecule has 1 atom stereocenters. The van der Waals surface area contributed by atoms with Crippen molar-refractivity contribution in [2.45, 2.75) is 12.4 Å². The molecule has 0 fully saturated rings. The number of carbonyl (C=O) groups is 1. The van der Waals surface area contributed by atoms with Gasteiger partial charge in [-0.2, -0.15) is 5.10 Å². The molecule has 30 heavy (non-hydrogen) atoms. The fraction of sp³-hybridized carbons (Fsp3) is 0.111. The van der Waals surface area contributed by atoms with Crippen molar-refractivity contribution in [3.63, 3.8) is 0 Å². The highest BCUT2D eigenvalue weighted by Gasteiger charge is 2.33. The molecule has 7 nitrogen and oxygen atoms in total. The minimum atomic E-state index is -5.11. The third kappa shape index (κ3) is 4.96. The molecule has 0 aliphatic rings. The summed E-state index contributed by atoms with van der Waals surface area (Å²) < 4.78 is 69.1. The lowest BCUT2D eigenvalue weighted by atomic mass is 10.0. The molecule has 0 bridgehead atoms. The van der Waals surface area contributed by atoms with Crippen molar-refractivity contribution >= 4 is 5.91 Å². The van der Waals surface area contributed by atoms with E-state index >= 15 is 0 Å². The number of amides is 1. The van der Waals surface area contributed by atoms with E-state index < -0.39 is 41.3 Å². The fourth-order valence-electron chi connectivity index (χ4n) is 2.50. The second-order valence-electron chi connectivity index (χ2n) is 5.82. The molecule has 12 heteroatoms. The molecule has 1 amide bonds. The first kappa shape index (κ1) is 20.9. The van der Waals surface area contributed by atoms with Gasteiger partial charge in [0.2, 0.25) is 0 Å². The summed E-state index contributed by atoms with van der Waals surface area (Å²) in [4.78, 5) is 27.4. The molecule has 1 aromatic carbocycles. The molecule has 2 N–H and O–H groups in total. The normalized spacial score (nSPS) is 12.3. The first-order valence-corrected chi connectivity index (χ1v) is 8.16. The molecule has 0 aliphatic heterocycles. The molecule has 0 unspecified atom stereocenters. The number of hydrogen-bond acceptors (Lipinski definition) is 5. The first-order valence-electron chi connectivity index (χ1n) is 8.16. The van der Waals surface area contributed by atoms with Crippen molar-refractivity contribution in [1.82, 2.24) is 20.5 Å². The number of nitrogens with zero attached hydrogens (tertiary/aromatic N) is 2. The Balaban J connectivity index is 1.99. The van der Waals surface area contributed by atoms with Gasteiger partial charge in [-0.1, -0.05) is 6.07 Å². The molecule has 156 valence electrons. The van der Waals surface area contributed by atoms with Crippen LogP contribution in [0.2, 0.25) is 0 Å². The van der Waals surface area contributed by atoms with E-state index in [1.807, 2.05) is 5.10 Å². The maximum absolute atomic E-state index is 14.3. The molecule has 0 spiro atoms. The third-order valence-corrected chi connectivity index (χ3v) is 3.76. The third-order valence-electron chi connectivity index (χ3n) is 3.76. The average Bonchev–Trinajstić information content (AvgIpc) is 2.68. The highest BCUT2D eigenvalue weighted by molar-refractivity contribution is 5.92. The van der Waals surface area contributed by atoms with Crippen LogP contribution in [0.3, 0.4) is 0 Å². The zero-order valence-electron chi connectivity index (χ0n) is 14.7. The minimum absolute atomic E-state index is 0.114. The van der Waals surface area contributed by atoms with Gasteiger partial charge in [-0.05, 0) is 35.9 Å². The van der Waals surface area contributed by atoms with Crippen LogP contribution in [0.25, 0.3) is 0 Å². The van der Waals surface area contributed by atoms with Crippen LogP contribution in [0.15, 0.2) is 53.5 Å². The highest BCUT2D eigenvalue weighted by Crippen LogP contribution is 2.30. The van der Waals surface area contributed by atoms with E-state index in [0.29, 0.717) is 12.1 Å². The SMILES string of the molecule is O=C(N[C@@H](c1ccc(OC(F)(F)F)c(F)c1)c1ncccc1F)c1ccc(=O)[nH]n1. The summed E-state index contributed by atoms with van der Waals surface area (Å²) >= 11 is 0. The van der Waals surface area contributed by atoms with Gasteiger partial charge in [0.1, 0.15) is 17.2 Å². The standard InChI is InChI=1S/C18H11F5N4O3/c19-10-2-1-7-24-16(10)15(25-17(29)12-4-6-14(28)27-26-12)9-3-5-13(11(20)8-9)30-18(21,22)23/h1-8,15H,(H,25,29)(H,27,28)/t15-/m0/s1. The number of alkyl halides is 3. The summed E-state index contributed by atoms with van der Waals surface area (Å²) in [6.45, 7) is 0. The lowest BCUT2D eigenvalue weighted by molar-refractivity contribution is -0.275. The second kappa shape index (κ2) is 8.27. The molecule has 0 radical (unpaired) electrons. The molecule has 0 aliphatic carbocycles. The maximum Gasteiger partial charge on any atom is 0.573 e. The summed E-state index contributed by atoms with van der Waals surface area (Å²) in [6.07, 6.45) is -3.90. The number of H-pyrrole nitrogens is 1. The number of benzene rings is 1. The summed E-state index contributed by atoms with van der Waals surface area (Å²) in [7, 11) is 0. The molecule has 0 saturated heterocycles. The zero-order valence-corrected chi connectivity index (χ0v) is 14.7. The van der Waals surface area contributed by atoms with Gasteiger partial charge < -0.3 is 10.1 Å². The van der Waals surface area contributed by atoms with Gasteiger partial charge in [0.15, 0.2) is 11.6 Å². The van der Waals surface area contributed by atoms with Gasteiger partial charge in [0.05, 0.1) is 6.04 Å². The van der Waals surface area contributed by atoms with Crippen molar-refractivity contribution in [1.29, 1.82) is 0 Å². The number of pyridine rings is 1. The summed E-state index contributed by atoms with van der Waals surface area (Å²) in [5.74, 6) is -4.21. The van der Waals surface area contributed by atoms with Crippen LogP contribution in [0.1, 0.15) is 27.8 Å². The molecule has 0 saturated carbocycles. The lowest BCUT2D eigenvalue weighted by Crippen LogP contribution is -2.32. The van der Waals surface area contributed by atoms with Crippen molar-refractivity contribution in [2.24, 2.45) is 0 Å². The Morgan fingerprint density at radius 3 is 2.47 bits per heavy atom. The quantitative estimate of drug-likeness (QED) is 0.612. The number of nitrogens with one attached hydrogen (secondary N) is 2. The van der Waals surface area contributed by atoms with E-state index in [4.69, 9.17) is 0 Å². The Hall–Kier alpha value is -3.83. The number of aromatic nitrogens is 3. The van der Waals surface area contributed by atoms with Crippen LogP contribution in [0, 0.1) is 11.6 Å². The monoisotopic (exact) mass is 426 g/mol. The van der Waals surface area contributed by atoms with Crippen LogP contribution in [-0.2, 0) is 0 Å². The Labute approximate surface area is 164 Å². The topological polar surface area (TPSA) is 97.0 Å². The second-order valence-corrected chi connectivity index (χ2v) is 5.82. The molecular formula is C18H11F5N4O3. The van der Waals surface area contributed by atoms with Gasteiger partial charge in [-0.3, -0.25) is 14.6 Å². The van der Waals surface area contributed by atoms with E-state index in [1.54, 1.807) is 0 Å². The largest absolute Gasteiger partial charge is 0.573 e. The molecule has 3 aromatic rings. The van der Waals surface area contributed by atoms with E-state index in [0.717, 1.165) is 24.3 Å². The van der Waals surface area contributed by atoms with Crippen LogP contribution in [0.5, 0.6) is 5.75 Å². The summed E-state index contributed by atoms with van der Waals surface area (Å²) in [5, 5.41) is 7.94. The summed E-state index contributed by atoms with van der Waals surface area (Å²) in [5.41, 5.74) is -1.24. The predicted octanol–water partition coefficient (Wildman–Crippen LogP) is 2.86. The molecular weight excluding hydrogens is 415 g/mol. The Morgan fingerprint density at radius 1 is 1.10 bits per heavy atom. The Kier molecular flexibility index (Phi) is 5.76. The number of hydrogen-bond donors (Lipinski definition) is 2. The van der Waals surface area contributed by atoms with Gasteiger partial charge in [0.25, 0.3) is 11.5 Å². The maximum atomic E-state index is 14.3. The highest BCUT2D eigenvalue weighted by atomic mass is 19.4. The number of halogens is 5. The molecule has 3 rings (SSSR count). The number of ether oxygens (including phenoxy) is 1. The van der Waals surface area contributed by atoms with Gasteiger partial charge in [-0.15, -0.1) is 13.2 Å². The van der Waals surface area contributed by atoms with E-state index in [1.165, 1.54) is 12.3 Å². The van der Waals surface area contributed by atoms with Crippen molar-refractivity contribution < 1.29 is 31.5 Å². The minimum Gasteiger partial charge on any atom is -0.403 e. The van der Waals surface area contributed by atoms with E-state index in [2.05, 4.69) is 20.1 Å². The van der Waals surface area contributed by atoms with Gasteiger partial charge in [0, 0.05) is 12.3 Å². The number of rotatable bonds is 5. The summed E-state index contributed by atoms with van der Waals surface area (Å²) in [6, 6.07) is 5.42. The number of aromatic amines is 1. The van der Waals surface area contributed by atoms with Crippen LogP contribution >= 0.6 is 0 Å². The van der Waals surface area contributed by atoms with E-state index in [9.17, 15) is 31.5 Å². The number of carbonyl (C=O) groups excluding carboxylic acids is 1. The van der Waals surface area contributed by atoms with Gasteiger partial charge >= 0.3 is 6.36 Å². The van der Waals surface area contributed by atoms with Crippen LogP contribution < -0.4 is 15.6 Å². The van der Waals surface area contributed by atoms with Crippen LogP contribution in [0.4, 0.5) is 22.0 Å². The molecule has 2 heterocycles. The fourth-order valence-corrected chi connectivity index (χ4v) is 2.50. The smallest absolute Gasteiger partial charge is 0.403 e. The average molecular weight is 426 g/mol. The Bertz CT molecular complexity index is 1110. The molecule has 2 aromatic heterocycles. The van der Waals surface area contributed by atoms with Crippen molar-refractivity contribution in [3.8, 4) is 5.75 Å². The van der Waals surface area contributed by atoms with Crippen molar-refractivity contribution in [3.05, 3.63) is 87.6 Å². The lowest BCUT2D eigenvalue weighted by Gasteiger charge is -2.20. The van der Waals surface area contributed by atoms with E-state index in [-0.39, 0.29) is 17.0 Å². The zero-order chi connectivity index (χ0) is 21.9.